The number of rotatable bonds is 1. The van der Waals surface area contributed by atoms with Gasteiger partial charge in [0.25, 0.3) is 0 Å². The van der Waals surface area contributed by atoms with Crippen molar-refractivity contribution in [3.63, 3.8) is 0 Å². The summed E-state index contributed by atoms with van der Waals surface area (Å²) in [5.74, 6) is 2.65. The minimum absolute atomic E-state index is 0.128. The summed E-state index contributed by atoms with van der Waals surface area (Å²) in [6.07, 6.45) is 8.01. The molecule has 0 amide bonds. The predicted octanol–water partition coefficient (Wildman–Crippen LogP) is 6.08. The maximum atomic E-state index is 11.1. The van der Waals surface area contributed by atoms with Crippen LogP contribution >= 0.6 is 22.6 Å². The highest BCUT2D eigenvalue weighted by Crippen LogP contribution is 2.52. The summed E-state index contributed by atoms with van der Waals surface area (Å²) in [6.45, 7) is 13.9. The normalized spacial score (nSPS) is 41.5. The van der Waals surface area contributed by atoms with Crippen LogP contribution in [0.15, 0.2) is 0 Å². The number of alkyl halides is 1. The number of hydrogen-bond donors (Lipinski definition) is 1. The third kappa shape index (κ3) is 4.40. The first kappa shape index (κ1) is 19.0. The van der Waals surface area contributed by atoms with Gasteiger partial charge in [0.15, 0.2) is 0 Å². The number of hydrogen-bond acceptors (Lipinski definition) is 1. The molecule has 2 aliphatic carbocycles. The lowest BCUT2D eigenvalue weighted by molar-refractivity contribution is -0.0938. The maximum Gasteiger partial charge on any atom is 0.0606 e. The summed E-state index contributed by atoms with van der Waals surface area (Å²) in [5, 5.41) is 11.1. The van der Waals surface area contributed by atoms with Crippen molar-refractivity contribution in [1.82, 2.24) is 0 Å². The van der Waals surface area contributed by atoms with E-state index in [-0.39, 0.29) is 16.9 Å². The fourth-order valence-corrected chi connectivity index (χ4v) is 5.69. The van der Waals surface area contributed by atoms with Gasteiger partial charge in [0.1, 0.15) is 0 Å². The van der Waals surface area contributed by atoms with Gasteiger partial charge in [0.05, 0.1) is 6.10 Å². The van der Waals surface area contributed by atoms with Gasteiger partial charge in [-0.05, 0) is 73.0 Å². The third-order valence-corrected chi connectivity index (χ3v) is 7.78. The van der Waals surface area contributed by atoms with E-state index >= 15 is 0 Å². The molecule has 0 spiro atoms. The van der Waals surface area contributed by atoms with Crippen molar-refractivity contribution in [2.45, 2.75) is 90.1 Å². The molecule has 0 aliphatic heterocycles. The first-order valence-electron chi connectivity index (χ1n) is 9.32. The summed E-state index contributed by atoms with van der Waals surface area (Å²) >= 11 is 2.63. The Morgan fingerprint density at radius 2 is 1.14 bits per heavy atom. The fourth-order valence-electron chi connectivity index (χ4n) is 4.97. The maximum absolute atomic E-state index is 11.1. The van der Waals surface area contributed by atoms with Crippen LogP contribution in [0.2, 0.25) is 0 Å². The molecule has 0 aromatic rings. The van der Waals surface area contributed by atoms with Gasteiger partial charge in [-0.1, -0.05) is 64.1 Å². The van der Waals surface area contributed by atoms with E-state index in [4.69, 9.17) is 0 Å². The smallest absolute Gasteiger partial charge is 0.0606 e. The van der Waals surface area contributed by atoms with Gasteiger partial charge in [-0.25, -0.2) is 0 Å². The molecule has 2 fully saturated rings. The molecule has 0 bridgehead atoms. The number of aliphatic hydroxyl groups is 1. The Kier molecular flexibility index (Phi) is 5.96. The lowest BCUT2D eigenvalue weighted by Gasteiger charge is -2.51. The molecular weight excluding hydrogens is 383 g/mol. The van der Waals surface area contributed by atoms with Gasteiger partial charge in [-0.3, -0.25) is 0 Å². The monoisotopic (exact) mass is 420 g/mol. The van der Waals surface area contributed by atoms with Crippen molar-refractivity contribution in [1.29, 1.82) is 0 Å². The Hall–Kier alpha value is 0.690. The Morgan fingerprint density at radius 1 is 0.727 bits per heavy atom. The summed E-state index contributed by atoms with van der Waals surface area (Å²) in [5.41, 5.74) is 0.421. The number of aliphatic hydroxyl groups excluding tert-OH is 1. The molecule has 2 saturated carbocycles. The molecule has 2 atom stereocenters. The van der Waals surface area contributed by atoms with Crippen molar-refractivity contribution >= 4 is 22.6 Å². The van der Waals surface area contributed by atoms with Crippen LogP contribution in [0, 0.1) is 34.5 Å². The van der Waals surface area contributed by atoms with E-state index in [1.807, 2.05) is 0 Å². The molecule has 2 rings (SSSR count). The van der Waals surface area contributed by atoms with Crippen LogP contribution in [0.3, 0.4) is 0 Å². The average molecular weight is 420 g/mol. The molecular formula is C20H37IO. The zero-order valence-electron chi connectivity index (χ0n) is 15.5. The van der Waals surface area contributed by atoms with Crippen LogP contribution in [-0.2, 0) is 0 Å². The van der Waals surface area contributed by atoms with Crippen LogP contribution in [0.4, 0.5) is 0 Å². The van der Waals surface area contributed by atoms with E-state index in [1.54, 1.807) is 0 Å². The lowest BCUT2D eigenvalue weighted by atomic mass is 9.56. The van der Waals surface area contributed by atoms with E-state index < -0.39 is 0 Å². The van der Waals surface area contributed by atoms with Crippen LogP contribution < -0.4 is 0 Å². The first-order chi connectivity index (χ1) is 10.00. The van der Waals surface area contributed by atoms with E-state index in [0.717, 1.165) is 15.8 Å². The van der Waals surface area contributed by atoms with Gasteiger partial charge < -0.3 is 5.11 Å². The summed E-state index contributed by atoms with van der Waals surface area (Å²) in [6, 6.07) is 0. The highest BCUT2D eigenvalue weighted by atomic mass is 127. The van der Waals surface area contributed by atoms with Crippen molar-refractivity contribution in [3.05, 3.63) is 0 Å². The molecule has 0 heterocycles. The molecule has 0 aromatic carbocycles. The molecule has 0 radical (unpaired) electrons. The zero-order chi connectivity index (χ0) is 16.7. The highest BCUT2D eigenvalue weighted by molar-refractivity contribution is 14.1. The summed E-state index contributed by atoms with van der Waals surface area (Å²) in [7, 11) is 0. The molecule has 0 saturated heterocycles. The standard InChI is InChI=1S/C20H37IO/c1-19(2,3)16-11-14(13-7-9-15(21)10-8-13)12-17(18(16)22)20(4,5)6/h13-18,22H,7-12H2,1-6H3. The van der Waals surface area contributed by atoms with Gasteiger partial charge in [-0.2, -0.15) is 0 Å². The van der Waals surface area contributed by atoms with Gasteiger partial charge in [0, 0.05) is 3.92 Å². The average Bonchev–Trinajstić information content (AvgIpc) is 2.37. The van der Waals surface area contributed by atoms with Crippen LogP contribution in [0.5, 0.6) is 0 Å². The second-order valence-electron chi connectivity index (χ2n) is 10.2. The van der Waals surface area contributed by atoms with E-state index in [2.05, 4.69) is 64.1 Å². The lowest BCUT2D eigenvalue weighted by Crippen LogP contribution is -2.49. The summed E-state index contributed by atoms with van der Waals surface area (Å²) < 4.78 is 0.903. The van der Waals surface area contributed by atoms with Crippen molar-refractivity contribution in [2.75, 3.05) is 0 Å². The molecule has 0 aromatic heterocycles. The molecule has 22 heavy (non-hydrogen) atoms. The van der Waals surface area contributed by atoms with Crippen molar-refractivity contribution < 1.29 is 5.11 Å². The van der Waals surface area contributed by atoms with E-state index in [9.17, 15) is 5.11 Å². The Balaban J connectivity index is 2.17. The minimum Gasteiger partial charge on any atom is -0.393 e. The first-order valence-corrected chi connectivity index (χ1v) is 10.6. The Morgan fingerprint density at radius 3 is 1.50 bits per heavy atom. The molecule has 2 unspecified atom stereocenters. The SMILES string of the molecule is CC(C)(C)C1CC(C2CCC(I)CC2)CC(C(C)(C)C)C1O. The predicted molar refractivity (Wildman–Crippen MR) is 104 cm³/mol. The van der Waals surface area contributed by atoms with Crippen molar-refractivity contribution in [3.8, 4) is 0 Å². The molecule has 130 valence electrons. The van der Waals surface area contributed by atoms with Crippen LogP contribution in [0.1, 0.15) is 80.1 Å². The molecule has 2 aliphatic rings. The number of halogens is 1. The van der Waals surface area contributed by atoms with E-state index in [1.165, 1.54) is 38.5 Å². The Bertz CT molecular complexity index is 333. The third-order valence-electron chi connectivity index (χ3n) is 6.53. The molecule has 2 heteroatoms. The second-order valence-corrected chi connectivity index (χ2v) is 11.9. The minimum atomic E-state index is -0.128. The highest BCUT2D eigenvalue weighted by Gasteiger charge is 2.47. The van der Waals surface area contributed by atoms with Gasteiger partial charge >= 0.3 is 0 Å². The fraction of sp³-hybridized carbons (Fsp3) is 1.00. The topological polar surface area (TPSA) is 20.2 Å². The van der Waals surface area contributed by atoms with E-state index in [0.29, 0.717) is 11.8 Å². The Labute approximate surface area is 152 Å². The molecule has 1 N–H and O–H groups in total. The quantitative estimate of drug-likeness (QED) is 0.403. The zero-order valence-corrected chi connectivity index (χ0v) is 17.7. The largest absolute Gasteiger partial charge is 0.393 e. The van der Waals surface area contributed by atoms with Crippen LogP contribution in [-0.4, -0.2) is 15.1 Å². The van der Waals surface area contributed by atoms with Gasteiger partial charge in [-0.15, -0.1) is 0 Å². The van der Waals surface area contributed by atoms with Crippen molar-refractivity contribution in [2.24, 2.45) is 34.5 Å². The van der Waals surface area contributed by atoms with Gasteiger partial charge in [0.2, 0.25) is 0 Å². The van der Waals surface area contributed by atoms with Crippen LogP contribution in [0.25, 0.3) is 0 Å². The summed E-state index contributed by atoms with van der Waals surface area (Å²) in [4.78, 5) is 0. The molecule has 1 nitrogen and oxygen atoms in total. The second kappa shape index (κ2) is 6.90.